The first kappa shape index (κ1) is 14.5. The summed E-state index contributed by atoms with van der Waals surface area (Å²) >= 11 is 0. The van der Waals surface area contributed by atoms with Crippen molar-refractivity contribution in [2.24, 2.45) is 0 Å². The molecule has 19 heavy (non-hydrogen) atoms. The summed E-state index contributed by atoms with van der Waals surface area (Å²) < 4.78 is 5.78. The van der Waals surface area contributed by atoms with Gasteiger partial charge in [-0.05, 0) is 33.4 Å². The minimum Gasteiger partial charge on any atom is -0.374 e. The van der Waals surface area contributed by atoms with Gasteiger partial charge in [0.05, 0.1) is 12.7 Å². The second-order valence-corrected chi connectivity index (χ2v) is 5.81. The molecular weight excluding hydrogens is 236 g/mol. The minimum atomic E-state index is 0.312. The standard InChI is InChI=1S/C16H26N2O/c1-12-7-13(2)9-15(8-12)14(3)17-10-16-11-18(4)5-6-19-16/h7-9,14,16-17H,5-6,10-11H2,1-4H3. The molecule has 0 amide bonds. The molecule has 0 bridgehead atoms. The molecule has 0 aromatic heterocycles. The Bertz CT molecular complexity index is 399. The zero-order valence-corrected chi connectivity index (χ0v) is 12.6. The first-order chi connectivity index (χ1) is 9.04. The molecule has 1 aliphatic heterocycles. The van der Waals surface area contributed by atoms with Crippen molar-refractivity contribution < 1.29 is 4.74 Å². The summed E-state index contributed by atoms with van der Waals surface area (Å²) in [6, 6.07) is 7.11. The highest BCUT2D eigenvalue weighted by molar-refractivity contribution is 5.30. The molecule has 0 spiro atoms. The lowest BCUT2D eigenvalue weighted by Gasteiger charge is -2.31. The quantitative estimate of drug-likeness (QED) is 0.901. The Labute approximate surface area is 116 Å². The Morgan fingerprint density at radius 3 is 2.63 bits per heavy atom. The van der Waals surface area contributed by atoms with Gasteiger partial charge in [0.15, 0.2) is 0 Å². The number of morpholine rings is 1. The summed E-state index contributed by atoms with van der Waals surface area (Å²) in [6.45, 7) is 10.4. The van der Waals surface area contributed by atoms with Crippen molar-refractivity contribution in [3.63, 3.8) is 0 Å². The van der Waals surface area contributed by atoms with Crippen LogP contribution < -0.4 is 5.32 Å². The lowest BCUT2D eigenvalue weighted by molar-refractivity contribution is -0.0190. The van der Waals surface area contributed by atoms with E-state index in [1.54, 1.807) is 0 Å². The molecule has 1 aromatic rings. The van der Waals surface area contributed by atoms with E-state index >= 15 is 0 Å². The van der Waals surface area contributed by atoms with Gasteiger partial charge < -0.3 is 15.0 Å². The molecule has 1 aromatic carbocycles. The number of hydrogen-bond acceptors (Lipinski definition) is 3. The maximum Gasteiger partial charge on any atom is 0.0826 e. The second-order valence-electron chi connectivity index (χ2n) is 5.81. The number of benzene rings is 1. The van der Waals surface area contributed by atoms with Gasteiger partial charge in [0.25, 0.3) is 0 Å². The van der Waals surface area contributed by atoms with E-state index in [9.17, 15) is 0 Å². The molecule has 0 saturated carbocycles. The molecule has 2 atom stereocenters. The van der Waals surface area contributed by atoms with Crippen molar-refractivity contribution in [2.45, 2.75) is 32.9 Å². The van der Waals surface area contributed by atoms with Crippen molar-refractivity contribution in [3.8, 4) is 0 Å². The molecule has 1 saturated heterocycles. The molecule has 1 aliphatic rings. The van der Waals surface area contributed by atoms with Crippen LogP contribution >= 0.6 is 0 Å². The summed E-state index contributed by atoms with van der Waals surface area (Å²) in [5.41, 5.74) is 4.02. The highest BCUT2D eigenvalue weighted by atomic mass is 16.5. The van der Waals surface area contributed by atoms with E-state index in [0.29, 0.717) is 12.1 Å². The minimum absolute atomic E-state index is 0.312. The molecule has 1 heterocycles. The molecule has 0 aliphatic carbocycles. The fourth-order valence-electron chi connectivity index (χ4n) is 2.68. The zero-order chi connectivity index (χ0) is 13.8. The van der Waals surface area contributed by atoms with E-state index in [-0.39, 0.29) is 0 Å². The van der Waals surface area contributed by atoms with Gasteiger partial charge in [0.1, 0.15) is 0 Å². The van der Waals surface area contributed by atoms with E-state index < -0.39 is 0 Å². The number of hydrogen-bond donors (Lipinski definition) is 1. The van der Waals surface area contributed by atoms with Crippen LogP contribution in [0.25, 0.3) is 0 Å². The number of rotatable bonds is 4. The first-order valence-electron chi connectivity index (χ1n) is 7.16. The summed E-state index contributed by atoms with van der Waals surface area (Å²) in [7, 11) is 2.16. The Hall–Kier alpha value is -0.900. The molecule has 0 radical (unpaired) electrons. The van der Waals surface area contributed by atoms with Gasteiger partial charge in [-0.1, -0.05) is 29.3 Å². The van der Waals surface area contributed by atoms with Crippen LogP contribution in [0.3, 0.4) is 0 Å². The van der Waals surface area contributed by atoms with E-state index in [4.69, 9.17) is 4.74 Å². The van der Waals surface area contributed by atoms with Gasteiger partial charge in [-0.2, -0.15) is 0 Å². The van der Waals surface area contributed by atoms with E-state index in [2.05, 4.69) is 56.2 Å². The van der Waals surface area contributed by atoms with Gasteiger partial charge in [-0.3, -0.25) is 0 Å². The van der Waals surface area contributed by atoms with Crippen molar-refractivity contribution >= 4 is 0 Å². The number of likely N-dealkylation sites (N-methyl/N-ethyl adjacent to an activating group) is 1. The average molecular weight is 262 g/mol. The predicted octanol–water partition coefficient (Wildman–Crippen LogP) is 2.28. The molecule has 106 valence electrons. The molecule has 3 nitrogen and oxygen atoms in total. The van der Waals surface area contributed by atoms with Crippen molar-refractivity contribution in [3.05, 3.63) is 34.9 Å². The smallest absolute Gasteiger partial charge is 0.0826 e. The van der Waals surface area contributed by atoms with E-state index in [1.807, 2.05) is 0 Å². The zero-order valence-electron chi connectivity index (χ0n) is 12.6. The third-order valence-corrected chi connectivity index (χ3v) is 3.74. The lowest BCUT2D eigenvalue weighted by atomic mass is 10.0. The highest BCUT2D eigenvalue weighted by Gasteiger charge is 2.18. The van der Waals surface area contributed by atoms with Crippen LogP contribution in [0.5, 0.6) is 0 Å². The third-order valence-electron chi connectivity index (χ3n) is 3.74. The molecule has 1 fully saturated rings. The molecule has 2 unspecified atom stereocenters. The molecular formula is C16H26N2O. The van der Waals surface area contributed by atoms with Crippen molar-refractivity contribution in [1.82, 2.24) is 10.2 Å². The van der Waals surface area contributed by atoms with E-state index in [0.717, 1.165) is 26.2 Å². The van der Waals surface area contributed by atoms with Crippen LogP contribution in [0, 0.1) is 13.8 Å². The van der Waals surface area contributed by atoms with Gasteiger partial charge in [0.2, 0.25) is 0 Å². The Morgan fingerprint density at radius 1 is 1.32 bits per heavy atom. The maximum absolute atomic E-state index is 5.78. The maximum atomic E-state index is 5.78. The summed E-state index contributed by atoms with van der Waals surface area (Å²) in [4.78, 5) is 2.33. The third kappa shape index (κ3) is 4.30. The molecule has 3 heteroatoms. The van der Waals surface area contributed by atoms with Gasteiger partial charge in [-0.15, -0.1) is 0 Å². The predicted molar refractivity (Wildman–Crippen MR) is 79.6 cm³/mol. The highest BCUT2D eigenvalue weighted by Crippen LogP contribution is 2.16. The largest absolute Gasteiger partial charge is 0.374 e. The first-order valence-corrected chi connectivity index (χ1v) is 7.16. The van der Waals surface area contributed by atoms with Crippen LogP contribution in [0.4, 0.5) is 0 Å². The van der Waals surface area contributed by atoms with Crippen molar-refractivity contribution in [2.75, 3.05) is 33.3 Å². The lowest BCUT2D eigenvalue weighted by Crippen LogP contribution is -2.45. The number of ether oxygens (including phenoxy) is 1. The van der Waals surface area contributed by atoms with Crippen LogP contribution in [0.1, 0.15) is 29.7 Å². The fourth-order valence-corrected chi connectivity index (χ4v) is 2.68. The van der Waals surface area contributed by atoms with Gasteiger partial charge in [-0.25, -0.2) is 0 Å². The number of nitrogens with one attached hydrogen (secondary N) is 1. The summed E-state index contributed by atoms with van der Waals surface area (Å²) in [5, 5.41) is 3.59. The normalized spacial score (nSPS) is 22.4. The fraction of sp³-hybridized carbons (Fsp3) is 0.625. The van der Waals surface area contributed by atoms with Crippen LogP contribution in [-0.2, 0) is 4.74 Å². The summed E-state index contributed by atoms with van der Waals surface area (Å²) in [6.07, 6.45) is 0.312. The molecule has 1 N–H and O–H groups in total. The Morgan fingerprint density at radius 2 is 2.00 bits per heavy atom. The van der Waals surface area contributed by atoms with Gasteiger partial charge in [0, 0.05) is 25.7 Å². The second kappa shape index (κ2) is 6.51. The molecule has 2 rings (SSSR count). The average Bonchev–Trinajstić information content (AvgIpc) is 2.35. The van der Waals surface area contributed by atoms with Gasteiger partial charge >= 0.3 is 0 Å². The van der Waals surface area contributed by atoms with Crippen LogP contribution in [-0.4, -0.2) is 44.3 Å². The Kier molecular flexibility index (Phi) is 4.97. The Balaban J connectivity index is 1.88. The monoisotopic (exact) mass is 262 g/mol. The number of aryl methyl sites for hydroxylation is 2. The van der Waals surface area contributed by atoms with Crippen LogP contribution in [0.2, 0.25) is 0 Å². The summed E-state index contributed by atoms with van der Waals surface area (Å²) in [5.74, 6) is 0. The van der Waals surface area contributed by atoms with E-state index in [1.165, 1.54) is 16.7 Å². The van der Waals surface area contributed by atoms with Crippen molar-refractivity contribution in [1.29, 1.82) is 0 Å². The van der Waals surface area contributed by atoms with Crippen LogP contribution in [0.15, 0.2) is 18.2 Å². The topological polar surface area (TPSA) is 24.5 Å². The SMILES string of the molecule is Cc1cc(C)cc(C(C)NCC2CN(C)CCO2)c1. The number of nitrogens with zero attached hydrogens (tertiary/aromatic N) is 1.